The van der Waals surface area contributed by atoms with E-state index in [1.807, 2.05) is 6.20 Å². The zero-order valence-corrected chi connectivity index (χ0v) is 14.2. The molecular weight excluding hydrogens is 372 g/mol. The normalized spacial score (nSPS) is 16.9. The van der Waals surface area contributed by atoms with Gasteiger partial charge in [0.05, 0.1) is 4.47 Å². The summed E-state index contributed by atoms with van der Waals surface area (Å²) in [7, 11) is 0. The van der Waals surface area contributed by atoms with Crippen molar-refractivity contribution in [1.29, 1.82) is 0 Å². The number of pyridine rings is 1. The lowest BCUT2D eigenvalue weighted by Gasteiger charge is -2.35. The van der Waals surface area contributed by atoms with Crippen molar-refractivity contribution >= 4 is 37.7 Å². The van der Waals surface area contributed by atoms with Crippen molar-refractivity contribution in [1.82, 2.24) is 9.88 Å². The van der Waals surface area contributed by atoms with Crippen molar-refractivity contribution in [2.75, 3.05) is 44.2 Å². The lowest BCUT2D eigenvalue weighted by atomic mass is 10.2. The third kappa shape index (κ3) is 4.41. The second-order valence-corrected chi connectivity index (χ2v) is 6.55. The fourth-order valence-corrected chi connectivity index (χ4v) is 3.54. The first-order chi connectivity index (χ1) is 9.20. The van der Waals surface area contributed by atoms with Gasteiger partial charge in [0, 0.05) is 36.8 Å². The Bertz CT molecular complexity index is 406. The minimum atomic E-state index is 0.801. The van der Waals surface area contributed by atoms with Crippen LogP contribution in [0.25, 0.3) is 0 Å². The molecule has 1 aromatic heterocycles. The molecule has 0 atom stereocenters. The number of anilines is 1. The number of unbranched alkanes of at least 4 members (excludes halogenated alkanes) is 1. The Labute approximate surface area is 131 Å². The van der Waals surface area contributed by atoms with E-state index in [1.54, 1.807) is 0 Å². The summed E-state index contributed by atoms with van der Waals surface area (Å²) in [6.07, 6.45) is 4.18. The molecule has 0 radical (unpaired) electrons. The average Bonchev–Trinajstić information content (AvgIpc) is 2.40. The fraction of sp³-hybridized carbons (Fsp3) is 0.615. The molecule has 0 aromatic carbocycles. The lowest BCUT2D eigenvalue weighted by molar-refractivity contribution is 0.253. The van der Waals surface area contributed by atoms with Crippen LogP contribution in [0.4, 0.5) is 5.82 Å². The molecule has 2 heterocycles. The molecule has 1 aliphatic heterocycles. The summed E-state index contributed by atoms with van der Waals surface area (Å²) in [5.41, 5.74) is 5.53. The zero-order valence-electron chi connectivity index (χ0n) is 11.0. The first-order valence-corrected chi connectivity index (χ1v) is 8.27. The highest BCUT2D eigenvalue weighted by Gasteiger charge is 2.19. The topological polar surface area (TPSA) is 45.4 Å². The summed E-state index contributed by atoms with van der Waals surface area (Å²) in [5, 5.41) is 0. The van der Waals surface area contributed by atoms with Crippen LogP contribution >= 0.6 is 31.9 Å². The van der Waals surface area contributed by atoms with E-state index in [0.29, 0.717) is 0 Å². The number of aromatic nitrogens is 1. The van der Waals surface area contributed by atoms with Crippen LogP contribution in [0.3, 0.4) is 0 Å². The van der Waals surface area contributed by atoms with Gasteiger partial charge in [-0.15, -0.1) is 0 Å². The maximum Gasteiger partial charge on any atom is 0.143 e. The zero-order chi connectivity index (χ0) is 13.7. The summed E-state index contributed by atoms with van der Waals surface area (Å²) >= 11 is 7.02. The van der Waals surface area contributed by atoms with Crippen LogP contribution in [0, 0.1) is 0 Å². The average molecular weight is 392 g/mol. The molecule has 4 nitrogen and oxygen atoms in total. The minimum Gasteiger partial charge on any atom is -0.353 e. The number of nitrogens with two attached hydrogens (primary N) is 1. The SMILES string of the molecule is NCCCCN1CCN(c2ncc(Br)cc2Br)CC1. The van der Waals surface area contributed by atoms with Crippen molar-refractivity contribution in [2.45, 2.75) is 12.8 Å². The molecule has 0 saturated carbocycles. The van der Waals surface area contributed by atoms with E-state index in [9.17, 15) is 0 Å². The molecule has 1 saturated heterocycles. The number of nitrogens with zero attached hydrogens (tertiary/aromatic N) is 3. The molecule has 6 heteroatoms. The van der Waals surface area contributed by atoms with Gasteiger partial charge in [0.1, 0.15) is 5.82 Å². The molecule has 1 aromatic rings. The van der Waals surface area contributed by atoms with Gasteiger partial charge in [-0.05, 0) is 63.9 Å². The summed E-state index contributed by atoms with van der Waals surface area (Å²) < 4.78 is 2.06. The van der Waals surface area contributed by atoms with E-state index in [1.165, 1.54) is 13.0 Å². The van der Waals surface area contributed by atoms with Gasteiger partial charge < -0.3 is 10.6 Å². The predicted octanol–water partition coefficient (Wildman–Crippen LogP) is 2.47. The van der Waals surface area contributed by atoms with Crippen LogP contribution in [-0.2, 0) is 0 Å². The van der Waals surface area contributed by atoms with Gasteiger partial charge >= 0.3 is 0 Å². The highest BCUT2D eigenvalue weighted by Crippen LogP contribution is 2.27. The van der Waals surface area contributed by atoms with Gasteiger partial charge in [-0.1, -0.05) is 0 Å². The molecule has 1 fully saturated rings. The van der Waals surface area contributed by atoms with Gasteiger partial charge in [0.2, 0.25) is 0 Å². The number of hydrogen-bond donors (Lipinski definition) is 1. The Morgan fingerprint density at radius 3 is 2.53 bits per heavy atom. The fourth-order valence-electron chi connectivity index (χ4n) is 2.30. The molecule has 0 bridgehead atoms. The largest absolute Gasteiger partial charge is 0.353 e. The van der Waals surface area contributed by atoms with Gasteiger partial charge in [-0.2, -0.15) is 0 Å². The Morgan fingerprint density at radius 1 is 1.16 bits per heavy atom. The highest BCUT2D eigenvalue weighted by atomic mass is 79.9. The van der Waals surface area contributed by atoms with Gasteiger partial charge in [0.15, 0.2) is 0 Å². The van der Waals surface area contributed by atoms with E-state index < -0.39 is 0 Å². The van der Waals surface area contributed by atoms with E-state index in [4.69, 9.17) is 5.73 Å². The van der Waals surface area contributed by atoms with Crippen molar-refractivity contribution in [3.63, 3.8) is 0 Å². The standard InChI is InChI=1S/C13H20Br2N4/c14-11-9-12(15)13(17-10-11)19-7-5-18(6-8-19)4-2-1-3-16/h9-10H,1-8,16H2. The number of rotatable bonds is 5. The quantitative estimate of drug-likeness (QED) is 0.783. The maximum absolute atomic E-state index is 5.53. The molecule has 106 valence electrons. The van der Waals surface area contributed by atoms with E-state index in [0.717, 1.165) is 53.9 Å². The van der Waals surface area contributed by atoms with Gasteiger partial charge in [-0.3, -0.25) is 4.90 Å². The Morgan fingerprint density at radius 2 is 1.89 bits per heavy atom. The smallest absolute Gasteiger partial charge is 0.143 e. The van der Waals surface area contributed by atoms with Crippen LogP contribution in [-0.4, -0.2) is 49.2 Å². The van der Waals surface area contributed by atoms with Crippen molar-refractivity contribution < 1.29 is 0 Å². The van der Waals surface area contributed by atoms with Crippen LogP contribution < -0.4 is 10.6 Å². The van der Waals surface area contributed by atoms with E-state index in [2.05, 4.69) is 52.7 Å². The monoisotopic (exact) mass is 390 g/mol. The number of hydrogen-bond acceptors (Lipinski definition) is 4. The molecule has 0 amide bonds. The Kier molecular flexibility index (Phi) is 6.06. The third-order valence-electron chi connectivity index (χ3n) is 3.39. The molecule has 0 aliphatic carbocycles. The Hall–Kier alpha value is -0.170. The van der Waals surface area contributed by atoms with Crippen LogP contribution in [0.15, 0.2) is 21.2 Å². The van der Waals surface area contributed by atoms with Gasteiger partial charge in [-0.25, -0.2) is 4.98 Å². The maximum atomic E-state index is 5.53. The summed E-state index contributed by atoms with van der Waals surface area (Å²) in [6, 6.07) is 2.05. The first kappa shape index (κ1) is 15.2. The second-order valence-electron chi connectivity index (χ2n) is 4.78. The molecule has 2 N–H and O–H groups in total. The van der Waals surface area contributed by atoms with E-state index >= 15 is 0 Å². The van der Waals surface area contributed by atoms with Gasteiger partial charge in [0.25, 0.3) is 0 Å². The van der Waals surface area contributed by atoms with Crippen molar-refractivity contribution in [3.05, 3.63) is 21.2 Å². The summed E-state index contributed by atoms with van der Waals surface area (Å²) in [5.74, 6) is 1.05. The molecule has 0 spiro atoms. The van der Waals surface area contributed by atoms with E-state index in [-0.39, 0.29) is 0 Å². The first-order valence-electron chi connectivity index (χ1n) is 6.69. The second kappa shape index (κ2) is 7.57. The van der Waals surface area contributed by atoms with Crippen LogP contribution in [0.1, 0.15) is 12.8 Å². The molecule has 19 heavy (non-hydrogen) atoms. The molecular formula is C13H20Br2N4. The van der Waals surface area contributed by atoms with Crippen LogP contribution in [0.2, 0.25) is 0 Å². The summed E-state index contributed by atoms with van der Waals surface area (Å²) in [4.78, 5) is 9.36. The van der Waals surface area contributed by atoms with Crippen LogP contribution in [0.5, 0.6) is 0 Å². The molecule has 1 aliphatic rings. The minimum absolute atomic E-state index is 0.801. The lowest BCUT2D eigenvalue weighted by Crippen LogP contribution is -2.47. The van der Waals surface area contributed by atoms with Crippen molar-refractivity contribution in [3.8, 4) is 0 Å². The number of piperazine rings is 1. The highest BCUT2D eigenvalue weighted by molar-refractivity contribution is 9.11. The molecule has 0 unspecified atom stereocenters. The predicted molar refractivity (Wildman–Crippen MR) is 86.6 cm³/mol. The summed E-state index contributed by atoms with van der Waals surface area (Å²) in [6.45, 7) is 6.25. The Balaban J connectivity index is 1.85. The van der Waals surface area contributed by atoms with Crippen molar-refractivity contribution in [2.24, 2.45) is 5.73 Å². The molecule has 2 rings (SSSR count). The third-order valence-corrected chi connectivity index (χ3v) is 4.41. The number of halogens is 2.